The van der Waals surface area contributed by atoms with Crippen molar-refractivity contribution in [3.05, 3.63) is 35.9 Å². The molecule has 0 spiro atoms. The van der Waals surface area contributed by atoms with Gasteiger partial charge in [0.1, 0.15) is 6.04 Å². The Labute approximate surface area is 153 Å². The molecular weight excluding hydrogens is 311 g/mol. The molecule has 5 heteroatoms. The summed E-state index contributed by atoms with van der Waals surface area (Å²) >= 11 is 0. The molecule has 0 saturated heterocycles. The molecule has 0 bridgehead atoms. The average Bonchev–Trinajstić information content (AvgIpc) is 2.53. The smallest absolute Gasteiger partial charge is 0.242 e. The van der Waals surface area contributed by atoms with Gasteiger partial charge >= 0.3 is 0 Å². The molecule has 0 aliphatic heterocycles. The fourth-order valence-corrected chi connectivity index (χ4v) is 2.69. The second kappa shape index (κ2) is 10.3. The lowest BCUT2D eigenvalue weighted by Gasteiger charge is -2.26. The Kier molecular flexibility index (Phi) is 8.74. The zero-order valence-corrected chi connectivity index (χ0v) is 16.5. The number of hydrogen-bond donors (Lipinski definition) is 2. The third-order valence-electron chi connectivity index (χ3n) is 4.30. The van der Waals surface area contributed by atoms with Crippen LogP contribution in [0.1, 0.15) is 39.7 Å². The Hall–Kier alpha value is -1.78. The molecule has 1 rings (SSSR count). The van der Waals surface area contributed by atoms with Crippen molar-refractivity contribution in [2.75, 3.05) is 0 Å². The molecule has 2 unspecified atom stereocenters. The molecule has 2 N–H and O–H groups in total. The van der Waals surface area contributed by atoms with E-state index in [2.05, 4.69) is 38.1 Å². The van der Waals surface area contributed by atoms with Crippen LogP contribution in [0.15, 0.2) is 30.3 Å². The molecule has 0 radical (unpaired) electrons. The molecule has 0 aliphatic rings. The molecule has 0 heterocycles. The summed E-state index contributed by atoms with van der Waals surface area (Å²) in [5, 5.41) is 6.07. The Morgan fingerprint density at radius 1 is 0.960 bits per heavy atom. The molecular formula is C20H33BN2O2. The lowest BCUT2D eigenvalue weighted by molar-refractivity contribution is -0.130. The van der Waals surface area contributed by atoms with E-state index in [0.717, 1.165) is 12.0 Å². The molecule has 0 aliphatic carbocycles. The van der Waals surface area contributed by atoms with Gasteiger partial charge in [0, 0.05) is 18.3 Å². The maximum Gasteiger partial charge on any atom is 0.242 e. The Balaban J connectivity index is 2.88. The van der Waals surface area contributed by atoms with Crippen molar-refractivity contribution < 1.29 is 9.59 Å². The van der Waals surface area contributed by atoms with Gasteiger partial charge in [0.2, 0.25) is 11.8 Å². The summed E-state index contributed by atoms with van der Waals surface area (Å²) in [6.45, 7) is 12.6. The van der Waals surface area contributed by atoms with Crippen molar-refractivity contribution in [2.24, 2.45) is 11.8 Å². The van der Waals surface area contributed by atoms with Gasteiger partial charge in [-0.05, 0) is 17.9 Å². The predicted octanol–water partition coefficient (Wildman–Crippen LogP) is 3.19. The van der Waals surface area contributed by atoms with Gasteiger partial charge in [0.05, 0.1) is 0 Å². The fourth-order valence-electron chi connectivity index (χ4n) is 2.69. The summed E-state index contributed by atoms with van der Waals surface area (Å²) in [5.41, 5.74) is 1.04. The van der Waals surface area contributed by atoms with Crippen molar-refractivity contribution in [1.82, 2.24) is 10.6 Å². The second-order valence-electron chi connectivity index (χ2n) is 7.89. The number of rotatable bonds is 9. The molecule has 1 aromatic rings. The van der Waals surface area contributed by atoms with E-state index in [1.54, 1.807) is 0 Å². The number of carbonyl (C=O) groups is 2. The minimum Gasteiger partial charge on any atom is -0.359 e. The highest BCUT2D eigenvalue weighted by Gasteiger charge is 2.26. The normalized spacial score (nSPS) is 13.4. The number of amides is 2. The third-order valence-corrected chi connectivity index (χ3v) is 4.30. The SMILES string of the molecule is CB(C)C(CC(C)C)NC(=O)C(Cc1ccccc1)NC(=O)C(C)C. The van der Waals surface area contributed by atoms with E-state index < -0.39 is 6.04 Å². The van der Waals surface area contributed by atoms with E-state index in [1.807, 2.05) is 44.2 Å². The maximum absolute atomic E-state index is 12.9. The van der Waals surface area contributed by atoms with Gasteiger partial charge in [-0.1, -0.05) is 71.7 Å². The van der Waals surface area contributed by atoms with E-state index in [9.17, 15) is 9.59 Å². The van der Waals surface area contributed by atoms with Crippen LogP contribution in [0.5, 0.6) is 0 Å². The third kappa shape index (κ3) is 7.76. The number of nitrogens with one attached hydrogen (secondary N) is 2. The van der Waals surface area contributed by atoms with Crippen molar-refractivity contribution in [3.63, 3.8) is 0 Å². The van der Waals surface area contributed by atoms with Crippen molar-refractivity contribution in [1.29, 1.82) is 0 Å². The van der Waals surface area contributed by atoms with E-state index in [1.165, 1.54) is 0 Å². The second-order valence-corrected chi connectivity index (χ2v) is 7.89. The highest BCUT2D eigenvalue weighted by Crippen LogP contribution is 2.10. The summed E-state index contributed by atoms with van der Waals surface area (Å²) in [6, 6.07) is 9.26. The first-order chi connectivity index (χ1) is 11.7. The van der Waals surface area contributed by atoms with Gasteiger partial charge in [-0.25, -0.2) is 0 Å². The van der Waals surface area contributed by atoms with Crippen LogP contribution in [-0.2, 0) is 16.0 Å². The molecule has 2 atom stereocenters. The highest BCUT2D eigenvalue weighted by molar-refractivity contribution is 6.57. The zero-order chi connectivity index (χ0) is 19.0. The zero-order valence-electron chi connectivity index (χ0n) is 16.5. The predicted molar refractivity (Wildman–Crippen MR) is 106 cm³/mol. The van der Waals surface area contributed by atoms with Gasteiger partial charge in [0.25, 0.3) is 0 Å². The van der Waals surface area contributed by atoms with E-state index >= 15 is 0 Å². The van der Waals surface area contributed by atoms with Crippen LogP contribution in [0.4, 0.5) is 0 Å². The first kappa shape index (κ1) is 21.3. The van der Waals surface area contributed by atoms with Crippen LogP contribution in [0.3, 0.4) is 0 Å². The topological polar surface area (TPSA) is 58.2 Å². The average molecular weight is 344 g/mol. The lowest BCUT2D eigenvalue weighted by atomic mass is 9.47. The molecule has 0 aromatic heterocycles. The Morgan fingerprint density at radius 2 is 1.56 bits per heavy atom. The summed E-state index contributed by atoms with van der Waals surface area (Å²) in [5.74, 6) is 0.271. The molecule has 4 nitrogen and oxygen atoms in total. The quantitative estimate of drug-likeness (QED) is 0.676. The van der Waals surface area contributed by atoms with E-state index in [0.29, 0.717) is 19.1 Å². The minimum atomic E-state index is -0.550. The van der Waals surface area contributed by atoms with E-state index in [-0.39, 0.29) is 23.7 Å². The number of hydrogen-bond acceptors (Lipinski definition) is 2. The van der Waals surface area contributed by atoms with Gasteiger partial charge in [-0.2, -0.15) is 0 Å². The van der Waals surface area contributed by atoms with Crippen molar-refractivity contribution >= 4 is 18.5 Å². The van der Waals surface area contributed by atoms with Crippen LogP contribution in [0, 0.1) is 11.8 Å². The maximum atomic E-state index is 12.9. The van der Waals surface area contributed by atoms with Crippen LogP contribution < -0.4 is 10.6 Å². The largest absolute Gasteiger partial charge is 0.359 e. The van der Waals surface area contributed by atoms with Gasteiger partial charge in [0.15, 0.2) is 6.71 Å². The van der Waals surface area contributed by atoms with E-state index in [4.69, 9.17) is 0 Å². The Bertz CT molecular complexity index is 544. The van der Waals surface area contributed by atoms with Crippen LogP contribution in [0.25, 0.3) is 0 Å². The van der Waals surface area contributed by atoms with Gasteiger partial charge < -0.3 is 10.6 Å². The molecule has 25 heavy (non-hydrogen) atoms. The standard InChI is InChI=1S/C20H33BN2O2/c1-14(2)12-18(21(5)6)23-20(25)17(22-19(24)15(3)4)13-16-10-8-7-9-11-16/h7-11,14-15,17-18H,12-13H2,1-6H3,(H,22,24)(H,23,25). The first-order valence-electron chi connectivity index (χ1n) is 9.35. The van der Waals surface area contributed by atoms with Gasteiger partial charge in [-0.15, -0.1) is 0 Å². The molecule has 0 fully saturated rings. The molecule has 0 saturated carbocycles. The molecule has 1 aromatic carbocycles. The van der Waals surface area contributed by atoms with Crippen LogP contribution >= 0.6 is 0 Å². The summed E-state index contributed by atoms with van der Waals surface area (Å²) in [4.78, 5) is 25.0. The lowest BCUT2D eigenvalue weighted by Crippen LogP contribution is -2.54. The van der Waals surface area contributed by atoms with Crippen molar-refractivity contribution in [3.8, 4) is 0 Å². The number of carbonyl (C=O) groups excluding carboxylic acids is 2. The number of benzene rings is 1. The Morgan fingerprint density at radius 3 is 2.04 bits per heavy atom. The molecule has 138 valence electrons. The van der Waals surface area contributed by atoms with Crippen molar-refractivity contribution in [2.45, 2.75) is 66.2 Å². The summed E-state index contributed by atoms with van der Waals surface area (Å²) < 4.78 is 0. The van der Waals surface area contributed by atoms with Gasteiger partial charge in [-0.3, -0.25) is 9.59 Å². The van der Waals surface area contributed by atoms with Crippen LogP contribution in [0.2, 0.25) is 13.6 Å². The monoisotopic (exact) mass is 344 g/mol. The summed E-state index contributed by atoms with van der Waals surface area (Å²) in [6.07, 6.45) is 1.43. The highest BCUT2D eigenvalue weighted by atomic mass is 16.2. The minimum absolute atomic E-state index is 0.0963. The summed E-state index contributed by atoms with van der Waals surface area (Å²) in [7, 11) is 0. The van der Waals surface area contributed by atoms with Crippen LogP contribution in [-0.4, -0.2) is 30.5 Å². The first-order valence-corrected chi connectivity index (χ1v) is 9.35. The fraction of sp³-hybridized carbons (Fsp3) is 0.600. The molecule has 2 amide bonds.